The average Bonchev–Trinajstić information content (AvgIpc) is 2.10. The first kappa shape index (κ1) is 13.1. The molecule has 0 fully saturated rings. The quantitative estimate of drug-likeness (QED) is 0.309. The first-order valence-corrected chi connectivity index (χ1v) is 9.18. The Morgan fingerprint density at radius 2 is 1.75 bits per heavy atom. The molecule has 0 saturated carbocycles. The van der Waals surface area contributed by atoms with Crippen LogP contribution in [0.4, 0.5) is 0 Å². The molecule has 0 rings (SSSR count). The summed E-state index contributed by atoms with van der Waals surface area (Å²) in [5.74, 6) is 1.36. The summed E-state index contributed by atoms with van der Waals surface area (Å²) in [6, 6.07) is 0. The zero-order chi connectivity index (χ0) is 9.07. The van der Waals surface area contributed by atoms with E-state index in [-0.39, 0.29) is 0 Å². The van der Waals surface area contributed by atoms with Crippen molar-refractivity contribution in [3.05, 3.63) is 0 Å². The van der Waals surface area contributed by atoms with Gasteiger partial charge in [0, 0.05) is 5.75 Å². The Morgan fingerprint density at radius 3 is 2.42 bits per heavy atom. The maximum absolute atomic E-state index is 2.27. The molecule has 12 heavy (non-hydrogen) atoms. The molecule has 3 heteroatoms. The Hall–Kier alpha value is 1.13. The molecule has 0 aromatic rings. The lowest BCUT2D eigenvalue weighted by Gasteiger charge is -1.99. The van der Waals surface area contributed by atoms with Crippen LogP contribution in [0.5, 0.6) is 0 Å². The van der Waals surface area contributed by atoms with Crippen molar-refractivity contribution in [1.29, 1.82) is 0 Å². The second-order valence-electron chi connectivity index (χ2n) is 2.86. The van der Waals surface area contributed by atoms with Crippen molar-refractivity contribution >= 4 is 29.0 Å². The summed E-state index contributed by atoms with van der Waals surface area (Å²) in [7, 11) is 5.29. The number of rotatable bonds is 9. The summed E-state index contributed by atoms with van der Waals surface area (Å²) in [6.07, 6.45) is 8.37. The highest BCUT2D eigenvalue weighted by molar-refractivity contribution is 8.96. The lowest BCUT2D eigenvalue weighted by Crippen LogP contribution is -1.75. The summed E-state index contributed by atoms with van der Waals surface area (Å²) in [6.45, 7) is 4.53. The van der Waals surface area contributed by atoms with Crippen LogP contribution >= 0.6 is 29.0 Å². The van der Waals surface area contributed by atoms with Crippen LogP contribution in [0.1, 0.15) is 46.0 Å². The molecule has 0 aromatic carbocycles. The summed E-state index contributed by atoms with van der Waals surface area (Å²) in [5.41, 5.74) is 0. The molecule has 0 nitrogen and oxygen atoms in total. The van der Waals surface area contributed by atoms with Gasteiger partial charge in [-0.05, 0) is 26.8 Å². The lowest BCUT2D eigenvalue weighted by atomic mass is 10.3. The highest BCUT2D eigenvalue weighted by Gasteiger charge is 1.90. The van der Waals surface area contributed by atoms with Gasteiger partial charge in [0.1, 0.15) is 0 Å². The van der Waals surface area contributed by atoms with Crippen LogP contribution in [-0.4, -0.2) is 11.9 Å². The minimum atomic E-state index is 1.13. The fraction of sp³-hybridized carbons (Fsp3) is 1.00. The topological polar surface area (TPSA) is 0 Å². The Balaban J connectivity index is 2.73. The van der Waals surface area contributed by atoms with Gasteiger partial charge in [-0.1, -0.05) is 54.3 Å². The molecule has 1 atom stereocenters. The number of hydrogen-bond donors (Lipinski definition) is 0. The van der Waals surface area contributed by atoms with E-state index in [4.69, 9.17) is 0 Å². The van der Waals surface area contributed by atoms with E-state index >= 15 is 0 Å². The predicted molar refractivity (Wildman–Crippen MR) is 67.7 cm³/mol. The van der Waals surface area contributed by atoms with Crippen LogP contribution in [0.2, 0.25) is 0 Å². The molecule has 0 bridgehead atoms. The van der Waals surface area contributed by atoms with Gasteiger partial charge in [0.25, 0.3) is 0 Å². The van der Waals surface area contributed by atoms with Gasteiger partial charge in [0.15, 0.2) is 0 Å². The van der Waals surface area contributed by atoms with Crippen LogP contribution in [0.25, 0.3) is 0 Å². The first-order chi connectivity index (χ1) is 5.91. The molecular weight excluding hydrogens is 203 g/mol. The van der Waals surface area contributed by atoms with Crippen molar-refractivity contribution in [2.45, 2.75) is 46.0 Å². The van der Waals surface area contributed by atoms with E-state index in [1.54, 1.807) is 0 Å². The molecule has 0 saturated heterocycles. The Bertz CT molecular complexity index is 68.9. The van der Waals surface area contributed by atoms with E-state index in [0.29, 0.717) is 0 Å². The predicted octanol–water partition coefficient (Wildman–Crippen LogP) is 4.95. The summed E-state index contributed by atoms with van der Waals surface area (Å²) in [4.78, 5) is 0. The Kier molecular flexibility index (Phi) is 13.3. The van der Waals surface area contributed by atoms with Gasteiger partial charge in [-0.25, -0.2) is 0 Å². The minimum Gasteiger partial charge on any atom is -0.0899 e. The number of unbranched alkanes of at least 4 members (excludes halogenated alkanes) is 3. The minimum absolute atomic E-state index is 1.13. The molecule has 74 valence electrons. The largest absolute Gasteiger partial charge is 0.0899 e. The maximum Gasteiger partial charge on any atom is 0.00400 e. The molecule has 0 amide bonds. The highest BCUT2D eigenvalue weighted by atomic mass is 33.3. The Labute approximate surface area is 87.0 Å². The SMILES string of the molecule is CCCCCSSPCCCC. The van der Waals surface area contributed by atoms with Gasteiger partial charge in [-0.2, -0.15) is 0 Å². The standard InChI is InChI=1S/C9H21PS2/c1-3-5-7-9-11-12-10-8-6-4-2/h10H,3-9H2,1-2H3. The first-order valence-electron chi connectivity index (χ1n) is 4.93. The summed E-state index contributed by atoms with van der Waals surface area (Å²) in [5, 5.41) is 0. The van der Waals surface area contributed by atoms with E-state index < -0.39 is 0 Å². The zero-order valence-electron chi connectivity index (χ0n) is 8.27. The van der Waals surface area contributed by atoms with Crippen LogP contribution in [0, 0.1) is 0 Å². The lowest BCUT2D eigenvalue weighted by molar-refractivity contribution is 0.780. The molecule has 0 N–H and O–H groups in total. The van der Waals surface area contributed by atoms with Gasteiger partial charge in [-0.15, -0.1) is 0 Å². The fourth-order valence-electron chi connectivity index (χ4n) is 0.785. The van der Waals surface area contributed by atoms with Crippen molar-refractivity contribution in [3.63, 3.8) is 0 Å². The van der Waals surface area contributed by atoms with Crippen molar-refractivity contribution < 1.29 is 0 Å². The number of hydrogen-bond acceptors (Lipinski definition) is 2. The third-order valence-corrected chi connectivity index (χ3v) is 6.77. The molecule has 1 unspecified atom stereocenters. The maximum atomic E-state index is 2.27. The van der Waals surface area contributed by atoms with Gasteiger partial charge >= 0.3 is 0 Å². The van der Waals surface area contributed by atoms with Gasteiger partial charge in [0.2, 0.25) is 0 Å². The zero-order valence-corrected chi connectivity index (χ0v) is 10.9. The van der Waals surface area contributed by atoms with E-state index in [1.807, 2.05) is 0 Å². The Morgan fingerprint density at radius 1 is 1.00 bits per heavy atom. The van der Waals surface area contributed by atoms with Crippen LogP contribution in [0.15, 0.2) is 0 Å². The monoisotopic (exact) mass is 224 g/mol. The molecular formula is C9H21PS2. The molecule has 0 aliphatic heterocycles. The second kappa shape index (κ2) is 12.1. The smallest absolute Gasteiger partial charge is 0.00400 e. The van der Waals surface area contributed by atoms with E-state index in [1.165, 1.54) is 44.0 Å². The summed E-state index contributed by atoms with van der Waals surface area (Å²) < 4.78 is 0. The average molecular weight is 224 g/mol. The molecule has 0 aromatic heterocycles. The van der Waals surface area contributed by atoms with Crippen molar-refractivity contribution in [2.24, 2.45) is 0 Å². The van der Waals surface area contributed by atoms with Crippen LogP contribution in [0.3, 0.4) is 0 Å². The second-order valence-corrected chi connectivity index (χ2v) is 8.03. The van der Waals surface area contributed by atoms with Crippen LogP contribution < -0.4 is 0 Å². The molecule has 0 spiro atoms. The van der Waals surface area contributed by atoms with Gasteiger partial charge < -0.3 is 0 Å². The van der Waals surface area contributed by atoms with E-state index in [9.17, 15) is 0 Å². The fourth-order valence-corrected chi connectivity index (χ4v) is 5.64. The van der Waals surface area contributed by atoms with Crippen molar-refractivity contribution in [3.8, 4) is 0 Å². The van der Waals surface area contributed by atoms with Crippen molar-refractivity contribution in [1.82, 2.24) is 0 Å². The van der Waals surface area contributed by atoms with Crippen molar-refractivity contribution in [2.75, 3.05) is 11.9 Å². The molecule has 0 heterocycles. The highest BCUT2D eigenvalue weighted by Crippen LogP contribution is 2.41. The van der Waals surface area contributed by atoms with E-state index in [2.05, 4.69) is 35.1 Å². The third-order valence-electron chi connectivity index (χ3n) is 1.58. The third kappa shape index (κ3) is 11.1. The van der Waals surface area contributed by atoms with Gasteiger partial charge in [0.05, 0.1) is 0 Å². The molecule has 0 aliphatic carbocycles. The van der Waals surface area contributed by atoms with Gasteiger partial charge in [-0.3, -0.25) is 0 Å². The molecule has 0 aliphatic rings. The normalized spacial score (nSPS) is 11.5. The van der Waals surface area contributed by atoms with E-state index in [0.717, 1.165) is 7.78 Å². The summed E-state index contributed by atoms with van der Waals surface area (Å²) >= 11 is 0. The van der Waals surface area contributed by atoms with Crippen LogP contribution in [-0.2, 0) is 0 Å². The molecule has 0 radical (unpaired) electrons.